The quantitative estimate of drug-likeness (QED) is 0.597. The van der Waals surface area contributed by atoms with Crippen molar-refractivity contribution in [1.82, 2.24) is 4.98 Å². The summed E-state index contributed by atoms with van der Waals surface area (Å²) < 4.78 is 0. The number of rotatable bonds is 2. The third-order valence-electron chi connectivity index (χ3n) is 3.93. The SMILES string of the molecule is Cc1cc(N2CCCC(C)C2C)ncc1[N+](=O)[O-]. The minimum Gasteiger partial charge on any atom is -0.354 e. The number of nitrogens with zero attached hydrogens (tertiary/aromatic N) is 3. The zero-order chi connectivity index (χ0) is 13.3. The Hall–Kier alpha value is -1.65. The molecule has 0 bridgehead atoms. The van der Waals surface area contributed by atoms with Crippen molar-refractivity contribution < 1.29 is 4.92 Å². The molecule has 5 heteroatoms. The lowest BCUT2D eigenvalue weighted by Gasteiger charge is -2.38. The highest BCUT2D eigenvalue weighted by molar-refractivity contribution is 5.49. The number of aromatic nitrogens is 1. The van der Waals surface area contributed by atoms with Gasteiger partial charge in [0.25, 0.3) is 5.69 Å². The Morgan fingerprint density at radius 2 is 2.22 bits per heavy atom. The first kappa shape index (κ1) is 12.8. The van der Waals surface area contributed by atoms with Crippen LogP contribution in [0.1, 0.15) is 32.3 Å². The van der Waals surface area contributed by atoms with Crippen LogP contribution in [0.25, 0.3) is 0 Å². The van der Waals surface area contributed by atoms with Crippen molar-refractivity contribution >= 4 is 11.5 Å². The number of pyridine rings is 1. The molecule has 1 fully saturated rings. The van der Waals surface area contributed by atoms with E-state index in [0.29, 0.717) is 17.5 Å². The number of piperidine rings is 1. The molecule has 1 saturated heterocycles. The van der Waals surface area contributed by atoms with E-state index in [2.05, 4.69) is 23.7 Å². The van der Waals surface area contributed by atoms with Crippen LogP contribution in [0.15, 0.2) is 12.3 Å². The van der Waals surface area contributed by atoms with Gasteiger partial charge in [0.2, 0.25) is 0 Å². The number of hydrogen-bond donors (Lipinski definition) is 0. The van der Waals surface area contributed by atoms with Crippen molar-refractivity contribution in [2.75, 3.05) is 11.4 Å². The Labute approximate surface area is 107 Å². The average molecular weight is 249 g/mol. The molecule has 0 N–H and O–H groups in total. The van der Waals surface area contributed by atoms with Gasteiger partial charge in [-0.25, -0.2) is 4.98 Å². The summed E-state index contributed by atoms with van der Waals surface area (Å²) in [5.41, 5.74) is 0.770. The van der Waals surface area contributed by atoms with E-state index in [1.165, 1.54) is 12.6 Å². The van der Waals surface area contributed by atoms with E-state index in [1.54, 1.807) is 6.92 Å². The van der Waals surface area contributed by atoms with Crippen LogP contribution >= 0.6 is 0 Å². The van der Waals surface area contributed by atoms with Crippen molar-refractivity contribution in [3.05, 3.63) is 27.9 Å². The molecular formula is C13H19N3O2. The largest absolute Gasteiger partial charge is 0.354 e. The third kappa shape index (κ3) is 2.30. The second-order valence-corrected chi connectivity index (χ2v) is 5.14. The standard InChI is InChI=1S/C13H19N3O2/c1-9-5-4-6-15(11(9)3)13-7-10(2)12(8-14-13)16(17)18/h7-9,11H,4-6H2,1-3H3. The Kier molecular flexibility index (Phi) is 3.50. The van der Waals surface area contributed by atoms with Crippen molar-refractivity contribution in [2.45, 2.75) is 39.7 Å². The molecule has 0 aliphatic carbocycles. The summed E-state index contributed by atoms with van der Waals surface area (Å²) in [5, 5.41) is 10.8. The lowest BCUT2D eigenvalue weighted by Crippen LogP contribution is -2.42. The molecule has 5 nitrogen and oxygen atoms in total. The maximum atomic E-state index is 10.8. The molecule has 98 valence electrons. The van der Waals surface area contributed by atoms with E-state index >= 15 is 0 Å². The summed E-state index contributed by atoms with van der Waals surface area (Å²) >= 11 is 0. The van der Waals surface area contributed by atoms with Gasteiger partial charge in [0.05, 0.1) is 4.92 Å². The minimum absolute atomic E-state index is 0.0939. The molecule has 1 aliphatic rings. The number of anilines is 1. The maximum absolute atomic E-state index is 10.8. The van der Waals surface area contributed by atoms with Gasteiger partial charge in [-0.1, -0.05) is 6.92 Å². The highest BCUT2D eigenvalue weighted by Crippen LogP contribution is 2.29. The first-order chi connectivity index (χ1) is 8.50. The highest BCUT2D eigenvalue weighted by atomic mass is 16.6. The average Bonchev–Trinajstić information content (AvgIpc) is 2.32. The van der Waals surface area contributed by atoms with Crippen LogP contribution in [0.4, 0.5) is 11.5 Å². The molecule has 1 aromatic rings. The van der Waals surface area contributed by atoms with Crippen molar-refractivity contribution in [3.8, 4) is 0 Å². The Bertz CT molecular complexity index is 462. The Balaban J connectivity index is 2.28. The second kappa shape index (κ2) is 4.92. The van der Waals surface area contributed by atoms with Crippen molar-refractivity contribution in [3.63, 3.8) is 0 Å². The van der Waals surface area contributed by atoms with Crippen LogP contribution in [-0.2, 0) is 0 Å². The van der Waals surface area contributed by atoms with Gasteiger partial charge in [-0.2, -0.15) is 0 Å². The topological polar surface area (TPSA) is 59.3 Å². The second-order valence-electron chi connectivity index (χ2n) is 5.14. The molecule has 2 heterocycles. The van der Waals surface area contributed by atoms with Crippen LogP contribution in [0.5, 0.6) is 0 Å². The van der Waals surface area contributed by atoms with Crippen LogP contribution in [0.3, 0.4) is 0 Å². The van der Waals surface area contributed by atoms with E-state index in [4.69, 9.17) is 0 Å². The zero-order valence-corrected chi connectivity index (χ0v) is 11.1. The minimum atomic E-state index is -0.381. The summed E-state index contributed by atoms with van der Waals surface area (Å²) in [6.07, 6.45) is 3.77. The number of aryl methyl sites for hydroxylation is 1. The molecule has 1 aromatic heterocycles. The van der Waals surface area contributed by atoms with Gasteiger partial charge in [-0.05, 0) is 38.7 Å². The lowest BCUT2D eigenvalue weighted by atomic mass is 9.92. The lowest BCUT2D eigenvalue weighted by molar-refractivity contribution is -0.385. The molecule has 2 unspecified atom stereocenters. The summed E-state index contributed by atoms with van der Waals surface area (Å²) in [6, 6.07) is 2.26. The van der Waals surface area contributed by atoms with Crippen LogP contribution in [0, 0.1) is 23.0 Å². The van der Waals surface area contributed by atoms with E-state index < -0.39 is 0 Å². The normalized spacial score (nSPS) is 24.1. The highest BCUT2D eigenvalue weighted by Gasteiger charge is 2.26. The molecule has 18 heavy (non-hydrogen) atoms. The number of nitro groups is 1. The predicted molar refractivity (Wildman–Crippen MR) is 70.8 cm³/mol. The summed E-state index contributed by atoms with van der Waals surface area (Å²) in [7, 11) is 0. The smallest absolute Gasteiger partial charge is 0.290 e. The molecule has 2 atom stereocenters. The van der Waals surface area contributed by atoms with Gasteiger partial charge in [0.15, 0.2) is 0 Å². The molecule has 1 aliphatic heterocycles. The van der Waals surface area contributed by atoms with Gasteiger partial charge in [0.1, 0.15) is 12.0 Å². The van der Waals surface area contributed by atoms with Crippen LogP contribution in [-0.4, -0.2) is 22.5 Å². The van der Waals surface area contributed by atoms with Crippen LogP contribution < -0.4 is 4.90 Å². The van der Waals surface area contributed by atoms with Gasteiger partial charge >= 0.3 is 0 Å². The molecule has 0 radical (unpaired) electrons. The van der Waals surface area contributed by atoms with Gasteiger partial charge in [-0.3, -0.25) is 10.1 Å². The van der Waals surface area contributed by atoms with Gasteiger partial charge < -0.3 is 4.90 Å². The van der Waals surface area contributed by atoms with E-state index in [1.807, 2.05) is 6.07 Å². The fraction of sp³-hybridized carbons (Fsp3) is 0.615. The predicted octanol–water partition coefficient (Wildman–Crippen LogP) is 2.92. The maximum Gasteiger partial charge on any atom is 0.290 e. The summed E-state index contributed by atoms with van der Waals surface area (Å²) in [5.74, 6) is 1.49. The van der Waals surface area contributed by atoms with Gasteiger partial charge in [-0.15, -0.1) is 0 Å². The molecule has 0 amide bonds. The molecular weight excluding hydrogens is 230 g/mol. The monoisotopic (exact) mass is 249 g/mol. The first-order valence-corrected chi connectivity index (χ1v) is 6.38. The van der Waals surface area contributed by atoms with E-state index in [-0.39, 0.29) is 10.6 Å². The van der Waals surface area contributed by atoms with Crippen molar-refractivity contribution in [1.29, 1.82) is 0 Å². The third-order valence-corrected chi connectivity index (χ3v) is 3.93. The Morgan fingerprint density at radius 3 is 2.83 bits per heavy atom. The number of hydrogen-bond acceptors (Lipinski definition) is 4. The van der Waals surface area contributed by atoms with E-state index in [0.717, 1.165) is 18.8 Å². The zero-order valence-electron chi connectivity index (χ0n) is 11.1. The molecule has 2 rings (SSSR count). The molecule has 0 aromatic carbocycles. The van der Waals surface area contributed by atoms with Crippen LogP contribution in [0.2, 0.25) is 0 Å². The summed E-state index contributed by atoms with van der Waals surface area (Å²) in [4.78, 5) is 16.9. The van der Waals surface area contributed by atoms with Gasteiger partial charge in [0, 0.05) is 18.2 Å². The fourth-order valence-electron chi connectivity index (χ4n) is 2.54. The Morgan fingerprint density at radius 1 is 1.50 bits per heavy atom. The van der Waals surface area contributed by atoms with Crippen molar-refractivity contribution in [2.24, 2.45) is 5.92 Å². The van der Waals surface area contributed by atoms with E-state index in [9.17, 15) is 10.1 Å². The first-order valence-electron chi connectivity index (χ1n) is 6.38. The summed E-state index contributed by atoms with van der Waals surface area (Å²) in [6.45, 7) is 7.19. The molecule has 0 saturated carbocycles. The fourth-order valence-corrected chi connectivity index (χ4v) is 2.54. The molecule has 0 spiro atoms.